The second kappa shape index (κ2) is 8.87. The van der Waals surface area contributed by atoms with E-state index in [-0.39, 0.29) is 18.3 Å². The molecule has 0 fully saturated rings. The largest absolute Gasteiger partial charge is 0.454 e. The summed E-state index contributed by atoms with van der Waals surface area (Å²) in [6, 6.07) is 12.3. The number of benzene rings is 1. The Labute approximate surface area is 173 Å². The van der Waals surface area contributed by atoms with E-state index in [0.29, 0.717) is 23.4 Å². The highest BCUT2D eigenvalue weighted by Gasteiger charge is 2.19. The van der Waals surface area contributed by atoms with Crippen molar-refractivity contribution in [2.75, 3.05) is 11.9 Å². The first-order chi connectivity index (χ1) is 13.8. The Balaban J connectivity index is 1.63. The van der Waals surface area contributed by atoms with Crippen LogP contribution in [0.15, 0.2) is 47.8 Å². The Morgan fingerprint density at radius 2 is 1.83 bits per heavy atom. The normalized spacial score (nSPS) is 10.6. The van der Waals surface area contributed by atoms with Crippen LogP contribution in [0.4, 0.5) is 5.69 Å². The maximum atomic E-state index is 12.5. The van der Waals surface area contributed by atoms with E-state index < -0.39 is 5.97 Å². The van der Waals surface area contributed by atoms with Crippen LogP contribution < -0.4 is 5.32 Å². The number of aromatic nitrogens is 1. The van der Waals surface area contributed by atoms with Crippen LogP contribution in [0.2, 0.25) is 0 Å². The fourth-order valence-corrected chi connectivity index (χ4v) is 3.74. The van der Waals surface area contributed by atoms with Crippen LogP contribution in [-0.4, -0.2) is 28.8 Å². The Morgan fingerprint density at radius 1 is 1.10 bits per heavy atom. The van der Waals surface area contributed by atoms with Gasteiger partial charge < -0.3 is 14.6 Å². The minimum Gasteiger partial charge on any atom is -0.454 e. The molecular formula is C22H22N2O4S. The number of carbonyl (C=O) groups excluding carboxylic acids is 3. The number of amides is 1. The predicted molar refractivity (Wildman–Crippen MR) is 113 cm³/mol. The van der Waals surface area contributed by atoms with E-state index in [1.807, 2.05) is 25.3 Å². The SMILES string of the molecule is CC(=O)Nc1ccc(C(=O)COC(=O)c2cc(C)n(Cc3cccs3)c2C)cc1. The number of ether oxygens (including phenoxy) is 1. The fraction of sp³-hybridized carbons (Fsp3) is 0.227. The van der Waals surface area contributed by atoms with E-state index >= 15 is 0 Å². The van der Waals surface area contributed by atoms with Crippen LogP contribution in [0.5, 0.6) is 0 Å². The van der Waals surface area contributed by atoms with Crippen LogP contribution in [-0.2, 0) is 16.1 Å². The van der Waals surface area contributed by atoms with Crippen molar-refractivity contribution in [3.8, 4) is 0 Å². The zero-order chi connectivity index (χ0) is 21.0. The van der Waals surface area contributed by atoms with E-state index in [1.165, 1.54) is 11.8 Å². The number of ketones is 1. The molecule has 7 heteroatoms. The highest BCUT2D eigenvalue weighted by molar-refractivity contribution is 7.09. The molecule has 0 spiro atoms. The maximum Gasteiger partial charge on any atom is 0.340 e. The van der Waals surface area contributed by atoms with Crippen molar-refractivity contribution in [1.82, 2.24) is 4.57 Å². The lowest BCUT2D eigenvalue weighted by Crippen LogP contribution is -2.15. The molecule has 0 saturated carbocycles. The predicted octanol–water partition coefficient (Wildman–Crippen LogP) is 4.21. The Hall–Kier alpha value is -3.19. The number of anilines is 1. The third kappa shape index (κ3) is 5.00. The summed E-state index contributed by atoms with van der Waals surface area (Å²) in [5.41, 5.74) is 3.25. The standard InChI is InChI=1S/C22H22N2O4S/c1-14-11-20(15(2)24(14)12-19-5-4-10-29-19)22(27)28-13-21(26)17-6-8-18(9-7-17)23-16(3)25/h4-11H,12-13H2,1-3H3,(H,23,25). The van der Waals surface area contributed by atoms with Gasteiger partial charge in [-0.25, -0.2) is 4.79 Å². The summed E-state index contributed by atoms with van der Waals surface area (Å²) in [7, 11) is 0. The second-order valence-corrected chi connectivity index (χ2v) is 7.74. The van der Waals surface area contributed by atoms with Crippen molar-refractivity contribution in [2.24, 2.45) is 0 Å². The lowest BCUT2D eigenvalue weighted by molar-refractivity contribution is -0.114. The van der Waals surface area contributed by atoms with E-state index in [2.05, 4.69) is 16.0 Å². The number of hydrogen-bond donors (Lipinski definition) is 1. The zero-order valence-corrected chi connectivity index (χ0v) is 17.3. The summed E-state index contributed by atoms with van der Waals surface area (Å²) in [6.07, 6.45) is 0. The van der Waals surface area contributed by atoms with Gasteiger partial charge in [0.15, 0.2) is 12.4 Å². The van der Waals surface area contributed by atoms with Crippen molar-refractivity contribution < 1.29 is 19.1 Å². The van der Waals surface area contributed by atoms with Gasteiger partial charge >= 0.3 is 5.97 Å². The summed E-state index contributed by atoms with van der Waals surface area (Å²) in [5.74, 6) is -1.01. The molecule has 0 unspecified atom stereocenters. The molecule has 29 heavy (non-hydrogen) atoms. The van der Waals surface area contributed by atoms with Gasteiger partial charge in [-0.05, 0) is 55.6 Å². The number of rotatable bonds is 7. The summed E-state index contributed by atoms with van der Waals surface area (Å²) < 4.78 is 7.32. The van der Waals surface area contributed by atoms with Gasteiger partial charge in [-0.15, -0.1) is 11.3 Å². The van der Waals surface area contributed by atoms with Crippen molar-refractivity contribution in [3.05, 3.63) is 75.2 Å². The number of nitrogens with one attached hydrogen (secondary N) is 1. The molecule has 0 aliphatic carbocycles. The summed E-state index contributed by atoms with van der Waals surface area (Å²) >= 11 is 1.66. The van der Waals surface area contributed by atoms with Crippen LogP contribution in [0.25, 0.3) is 0 Å². The van der Waals surface area contributed by atoms with Gasteiger partial charge in [0, 0.05) is 34.4 Å². The molecule has 1 aromatic carbocycles. The van der Waals surface area contributed by atoms with Crippen molar-refractivity contribution >= 4 is 34.7 Å². The third-order valence-corrected chi connectivity index (χ3v) is 5.41. The molecule has 6 nitrogen and oxygen atoms in total. The Morgan fingerprint density at radius 3 is 2.45 bits per heavy atom. The van der Waals surface area contributed by atoms with Gasteiger partial charge in [0.05, 0.1) is 12.1 Å². The highest BCUT2D eigenvalue weighted by Crippen LogP contribution is 2.20. The minimum atomic E-state index is -0.515. The first kappa shape index (κ1) is 20.5. The average Bonchev–Trinajstić information content (AvgIpc) is 3.30. The van der Waals surface area contributed by atoms with E-state index in [1.54, 1.807) is 41.7 Å². The van der Waals surface area contributed by atoms with Crippen molar-refractivity contribution in [1.29, 1.82) is 0 Å². The molecule has 2 aromatic heterocycles. The quantitative estimate of drug-likeness (QED) is 0.467. The van der Waals surface area contributed by atoms with E-state index in [0.717, 1.165) is 11.4 Å². The number of nitrogens with zero attached hydrogens (tertiary/aromatic N) is 1. The molecular weight excluding hydrogens is 388 g/mol. The Kier molecular flexibility index (Phi) is 6.29. The molecule has 0 bridgehead atoms. The minimum absolute atomic E-state index is 0.185. The van der Waals surface area contributed by atoms with Crippen LogP contribution >= 0.6 is 11.3 Å². The maximum absolute atomic E-state index is 12.5. The second-order valence-electron chi connectivity index (χ2n) is 6.71. The smallest absolute Gasteiger partial charge is 0.340 e. The summed E-state index contributed by atoms with van der Waals surface area (Å²) in [5, 5.41) is 4.66. The van der Waals surface area contributed by atoms with Gasteiger partial charge in [0.2, 0.25) is 5.91 Å². The molecule has 0 atom stereocenters. The number of carbonyl (C=O) groups is 3. The number of Topliss-reactive ketones (excluding diaryl/α,β-unsaturated/α-hetero) is 1. The topological polar surface area (TPSA) is 77.4 Å². The molecule has 2 heterocycles. The van der Waals surface area contributed by atoms with Crippen LogP contribution in [0.3, 0.4) is 0 Å². The number of esters is 1. The van der Waals surface area contributed by atoms with E-state index in [9.17, 15) is 14.4 Å². The molecule has 150 valence electrons. The monoisotopic (exact) mass is 410 g/mol. The first-order valence-corrected chi connectivity index (χ1v) is 10.00. The molecule has 1 N–H and O–H groups in total. The third-order valence-electron chi connectivity index (χ3n) is 4.55. The van der Waals surface area contributed by atoms with Crippen LogP contribution in [0.1, 0.15) is 43.9 Å². The number of aryl methyl sites for hydroxylation is 1. The molecule has 3 aromatic rings. The van der Waals surface area contributed by atoms with Gasteiger partial charge in [-0.1, -0.05) is 6.07 Å². The summed E-state index contributed by atoms with van der Waals surface area (Å²) in [4.78, 5) is 37.1. The fourth-order valence-electron chi connectivity index (χ4n) is 3.04. The zero-order valence-electron chi connectivity index (χ0n) is 16.5. The van der Waals surface area contributed by atoms with Crippen molar-refractivity contribution in [2.45, 2.75) is 27.3 Å². The lowest BCUT2D eigenvalue weighted by atomic mass is 10.1. The van der Waals surface area contributed by atoms with Gasteiger partial charge in [-0.2, -0.15) is 0 Å². The van der Waals surface area contributed by atoms with Gasteiger partial charge in [0.25, 0.3) is 0 Å². The van der Waals surface area contributed by atoms with Crippen LogP contribution in [0, 0.1) is 13.8 Å². The lowest BCUT2D eigenvalue weighted by Gasteiger charge is -2.09. The Bertz CT molecular complexity index is 1030. The number of hydrogen-bond acceptors (Lipinski definition) is 5. The molecule has 0 saturated heterocycles. The summed E-state index contributed by atoms with van der Waals surface area (Å²) in [6.45, 7) is 5.59. The highest BCUT2D eigenvalue weighted by atomic mass is 32.1. The number of thiophene rings is 1. The molecule has 3 rings (SSSR count). The first-order valence-electron chi connectivity index (χ1n) is 9.12. The van der Waals surface area contributed by atoms with Crippen molar-refractivity contribution in [3.63, 3.8) is 0 Å². The molecule has 0 aliphatic heterocycles. The average molecular weight is 410 g/mol. The molecule has 0 aliphatic rings. The molecule has 1 amide bonds. The van der Waals surface area contributed by atoms with Gasteiger partial charge in [0.1, 0.15) is 0 Å². The van der Waals surface area contributed by atoms with Gasteiger partial charge in [-0.3, -0.25) is 9.59 Å². The van der Waals surface area contributed by atoms with E-state index in [4.69, 9.17) is 4.74 Å². The molecule has 0 radical (unpaired) electrons.